The van der Waals surface area contributed by atoms with E-state index in [9.17, 15) is 18.0 Å². The van der Waals surface area contributed by atoms with Crippen molar-refractivity contribution < 1.29 is 32.2 Å². The molecule has 0 fully saturated rings. The summed E-state index contributed by atoms with van der Waals surface area (Å²) >= 11 is 0. The normalized spacial score (nSPS) is 12.0. The monoisotopic (exact) mass is 673 g/mol. The van der Waals surface area contributed by atoms with E-state index in [1.54, 1.807) is 55.6 Å². The second kappa shape index (κ2) is 15.7. The molecule has 0 bridgehead atoms. The molecule has 10 nitrogen and oxygen atoms in total. The number of nitrogens with zero attached hydrogens (tertiary/aromatic N) is 2. The number of methoxy groups -OCH3 is 3. The molecule has 2 amide bonds. The van der Waals surface area contributed by atoms with E-state index >= 15 is 0 Å². The molecule has 0 aromatic heterocycles. The molecule has 0 spiro atoms. The average Bonchev–Trinajstić information content (AvgIpc) is 3.08. The molecule has 0 unspecified atom stereocenters. The summed E-state index contributed by atoms with van der Waals surface area (Å²) in [7, 11) is 0.0949. The molecular formula is C37H43N3O7S. The molecule has 1 N–H and O–H groups in total. The third-order valence-corrected chi connectivity index (χ3v) is 9.29. The smallest absolute Gasteiger partial charge is 0.264 e. The first-order valence-electron chi connectivity index (χ1n) is 15.4. The molecule has 0 aliphatic carbocycles. The Morgan fingerprint density at radius 3 is 1.98 bits per heavy atom. The lowest BCUT2D eigenvalue weighted by Crippen LogP contribution is -2.56. The van der Waals surface area contributed by atoms with Gasteiger partial charge in [0.1, 0.15) is 18.3 Å². The fourth-order valence-electron chi connectivity index (χ4n) is 5.20. The Kier molecular flexibility index (Phi) is 11.7. The van der Waals surface area contributed by atoms with Crippen LogP contribution in [-0.4, -0.2) is 64.6 Å². The average molecular weight is 674 g/mol. The highest BCUT2D eigenvalue weighted by molar-refractivity contribution is 7.92. The van der Waals surface area contributed by atoms with Crippen LogP contribution in [-0.2, 0) is 32.6 Å². The minimum Gasteiger partial charge on any atom is -0.497 e. The van der Waals surface area contributed by atoms with Crippen LogP contribution < -0.4 is 23.8 Å². The molecule has 0 aliphatic rings. The van der Waals surface area contributed by atoms with E-state index in [0.29, 0.717) is 17.1 Å². The highest BCUT2D eigenvalue weighted by Gasteiger charge is 2.36. The number of hydrogen-bond acceptors (Lipinski definition) is 7. The van der Waals surface area contributed by atoms with E-state index in [2.05, 4.69) is 5.32 Å². The number of nitrogens with one attached hydrogen (secondary N) is 1. The third kappa shape index (κ3) is 9.07. The van der Waals surface area contributed by atoms with Crippen LogP contribution in [0.2, 0.25) is 0 Å². The van der Waals surface area contributed by atoms with Crippen molar-refractivity contribution in [3.8, 4) is 17.2 Å². The van der Waals surface area contributed by atoms with Gasteiger partial charge in [-0.25, -0.2) is 8.42 Å². The lowest BCUT2D eigenvalue weighted by Gasteiger charge is -2.35. The van der Waals surface area contributed by atoms with Gasteiger partial charge >= 0.3 is 0 Å². The topological polar surface area (TPSA) is 114 Å². The van der Waals surface area contributed by atoms with Crippen LogP contribution in [0.4, 0.5) is 5.69 Å². The van der Waals surface area contributed by atoms with Crippen molar-refractivity contribution in [1.82, 2.24) is 10.2 Å². The van der Waals surface area contributed by atoms with Gasteiger partial charge in [0.2, 0.25) is 11.8 Å². The Hall–Kier alpha value is -5.03. The zero-order chi connectivity index (χ0) is 34.9. The summed E-state index contributed by atoms with van der Waals surface area (Å²) in [5.74, 6) is 0.226. The molecule has 0 saturated heterocycles. The summed E-state index contributed by atoms with van der Waals surface area (Å²) in [6, 6.07) is 28.3. The first-order valence-corrected chi connectivity index (χ1v) is 16.9. The molecule has 0 aliphatic heterocycles. The van der Waals surface area contributed by atoms with Gasteiger partial charge in [0.25, 0.3) is 10.0 Å². The first-order chi connectivity index (χ1) is 22.9. The molecule has 0 saturated carbocycles. The van der Waals surface area contributed by atoms with Gasteiger partial charge in [0, 0.05) is 24.6 Å². The van der Waals surface area contributed by atoms with Crippen LogP contribution in [0, 0.1) is 0 Å². The predicted octanol–water partition coefficient (Wildman–Crippen LogP) is 5.46. The molecular weight excluding hydrogens is 630 g/mol. The van der Waals surface area contributed by atoms with Gasteiger partial charge in [-0.2, -0.15) is 0 Å². The fourth-order valence-corrected chi connectivity index (χ4v) is 6.63. The number of carbonyl (C=O) groups is 2. The Morgan fingerprint density at radius 1 is 0.750 bits per heavy atom. The van der Waals surface area contributed by atoms with E-state index in [4.69, 9.17) is 14.2 Å². The number of amides is 2. The molecule has 1 atom stereocenters. The summed E-state index contributed by atoms with van der Waals surface area (Å²) in [6.45, 7) is 5.03. The quantitative estimate of drug-likeness (QED) is 0.189. The SMILES string of the molecule is COc1cccc(CN(C(=O)CN(c2ccccc2)S(=O)(=O)c2ccc(OC)c(OC)c2)[C@H](Cc2ccccc2)C(=O)NC(C)(C)C)c1. The van der Waals surface area contributed by atoms with Crippen molar-refractivity contribution in [2.45, 2.75) is 50.2 Å². The van der Waals surface area contributed by atoms with Crippen LogP contribution in [0.25, 0.3) is 0 Å². The van der Waals surface area contributed by atoms with E-state index < -0.39 is 34.1 Å². The van der Waals surface area contributed by atoms with Crippen LogP contribution in [0.1, 0.15) is 31.9 Å². The van der Waals surface area contributed by atoms with Crippen molar-refractivity contribution in [2.75, 3.05) is 32.2 Å². The van der Waals surface area contributed by atoms with Crippen molar-refractivity contribution in [3.05, 3.63) is 114 Å². The molecule has 48 heavy (non-hydrogen) atoms. The van der Waals surface area contributed by atoms with Crippen molar-refractivity contribution in [3.63, 3.8) is 0 Å². The predicted molar refractivity (Wildman–Crippen MR) is 186 cm³/mol. The van der Waals surface area contributed by atoms with Crippen LogP contribution in [0.3, 0.4) is 0 Å². The Labute approximate surface area is 283 Å². The van der Waals surface area contributed by atoms with Crippen LogP contribution in [0.5, 0.6) is 17.2 Å². The number of benzene rings is 4. The third-order valence-electron chi connectivity index (χ3n) is 7.52. The van der Waals surface area contributed by atoms with Crippen molar-refractivity contribution >= 4 is 27.5 Å². The Morgan fingerprint density at radius 2 is 1.38 bits per heavy atom. The number of rotatable bonds is 14. The van der Waals surface area contributed by atoms with Gasteiger partial charge < -0.3 is 24.4 Å². The zero-order valence-corrected chi connectivity index (χ0v) is 29.0. The number of para-hydroxylation sites is 1. The Balaban J connectivity index is 1.83. The summed E-state index contributed by atoms with van der Waals surface area (Å²) in [6.07, 6.45) is 0.201. The summed E-state index contributed by atoms with van der Waals surface area (Å²) in [4.78, 5) is 30.0. The van der Waals surface area contributed by atoms with Gasteiger partial charge in [-0.05, 0) is 68.3 Å². The van der Waals surface area contributed by atoms with Crippen LogP contribution in [0.15, 0.2) is 108 Å². The number of hydrogen-bond donors (Lipinski definition) is 1. The molecule has 254 valence electrons. The van der Waals surface area contributed by atoms with E-state index in [0.717, 1.165) is 9.87 Å². The van der Waals surface area contributed by atoms with Crippen molar-refractivity contribution in [1.29, 1.82) is 0 Å². The first kappa shape index (κ1) is 35.8. The van der Waals surface area contributed by atoms with Gasteiger partial charge in [-0.3, -0.25) is 13.9 Å². The van der Waals surface area contributed by atoms with Gasteiger partial charge in [-0.1, -0.05) is 60.7 Å². The van der Waals surface area contributed by atoms with Gasteiger partial charge in [0.15, 0.2) is 11.5 Å². The van der Waals surface area contributed by atoms with Crippen molar-refractivity contribution in [2.24, 2.45) is 0 Å². The fraction of sp³-hybridized carbons (Fsp3) is 0.297. The minimum absolute atomic E-state index is 0.0180. The maximum atomic E-state index is 14.7. The zero-order valence-electron chi connectivity index (χ0n) is 28.2. The molecule has 4 rings (SSSR count). The molecule has 4 aromatic carbocycles. The number of carbonyl (C=O) groups excluding carboxylic acids is 2. The number of anilines is 1. The molecule has 0 radical (unpaired) electrons. The summed E-state index contributed by atoms with van der Waals surface area (Å²) in [5, 5.41) is 3.03. The molecule has 4 aromatic rings. The maximum absolute atomic E-state index is 14.7. The second-order valence-corrected chi connectivity index (χ2v) is 14.0. The summed E-state index contributed by atoms with van der Waals surface area (Å²) < 4.78 is 45.9. The largest absolute Gasteiger partial charge is 0.497 e. The van der Waals surface area contributed by atoms with Crippen LogP contribution >= 0.6 is 0 Å². The minimum atomic E-state index is -4.33. The Bertz CT molecular complexity index is 1790. The lowest BCUT2D eigenvalue weighted by molar-refractivity contribution is -0.140. The number of sulfonamides is 1. The summed E-state index contributed by atoms with van der Waals surface area (Å²) in [5.41, 5.74) is 1.23. The molecule has 11 heteroatoms. The van der Waals surface area contributed by atoms with Gasteiger partial charge in [0.05, 0.1) is 31.9 Å². The number of ether oxygens (including phenoxy) is 3. The molecule has 0 heterocycles. The van der Waals surface area contributed by atoms with E-state index in [1.807, 2.05) is 57.2 Å². The lowest BCUT2D eigenvalue weighted by atomic mass is 10.0. The second-order valence-electron chi connectivity index (χ2n) is 12.2. The van der Waals surface area contributed by atoms with E-state index in [-0.39, 0.29) is 35.2 Å². The standard InChI is InChI=1S/C37H43N3O7S/c1-37(2,3)38-36(42)32(23-27-14-9-7-10-15-27)39(25-28-16-13-19-30(22-28)45-4)35(41)26-40(29-17-11-8-12-18-29)48(43,44)31-20-21-33(46-5)34(24-31)47-6/h7-22,24,32H,23,25-26H2,1-6H3,(H,38,42)/t32-/m1/s1. The maximum Gasteiger partial charge on any atom is 0.264 e. The highest BCUT2D eigenvalue weighted by atomic mass is 32.2. The highest BCUT2D eigenvalue weighted by Crippen LogP contribution is 2.32. The van der Waals surface area contributed by atoms with E-state index in [1.165, 1.54) is 37.3 Å². The van der Waals surface area contributed by atoms with Gasteiger partial charge in [-0.15, -0.1) is 0 Å².